The van der Waals surface area contributed by atoms with Crippen LogP contribution in [0.3, 0.4) is 0 Å². The molecule has 0 bridgehead atoms. The van der Waals surface area contributed by atoms with Gasteiger partial charge in [0.1, 0.15) is 5.25 Å². The number of carbonyl (C=O) groups is 1. The Hall–Kier alpha value is -1.00. The summed E-state index contributed by atoms with van der Waals surface area (Å²) < 4.78 is 0. The van der Waals surface area contributed by atoms with Crippen LogP contribution in [-0.4, -0.2) is 29.4 Å². The van der Waals surface area contributed by atoms with Crippen molar-refractivity contribution < 1.29 is 9.90 Å². The molecule has 0 spiro atoms. The number of aryl methyl sites for hydroxylation is 1. The molecule has 1 aliphatic heterocycles. The highest BCUT2D eigenvalue weighted by atomic mass is 32.2. The molecule has 2 atom stereocenters. The molecule has 3 nitrogen and oxygen atoms in total. The van der Waals surface area contributed by atoms with E-state index in [1.165, 1.54) is 5.56 Å². The van der Waals surface area contributed by atoms with E-state index >= 15 is 0 Å². The Morgan fingerprint density at radius 2 is 2.15 bits per heavy atom. The molecular formula is C16H23NO2S. The summed E-state index contributed by atoms with van der Waals surface area (Å²) in [4.78, 5) is 12.3. The number of aliphatic hydroxyl groups is 1. The normalized spacial score (nSPS) is 20.1. The van der Waals surface area contributed by atoms with Gasteiger partial charge >= 0.3 is 0 Å². The summed E-state index contributed by atoms with van der Waals surface area (Å²) in [7, 11) is 0. The Morgan fingerprint density at radius 1 is 1.45 bits per heavy atom. The molecule has 110 valence electrons. The van der Waals surface area contributed by atoms with Gasteiger partial charge in [0.15, 0.2) is 0 Å². The summed E-state index contributed by atoms with van der Waals surface area (Å²) in [6.07, 6.45) is 0.491. The molecule has 1 amide bonds. The van der Waals surface area contributed by atoms with Gasteiger partial charge in [0, 0.05) is 6.54 Å². The standard InChI is InChI=1S/C16H23NO2S/c1-16(2,3)13(18)10-17-15(19)14-12-7-5-4-6-11(12)8-9-20-14/h4-7,13-14,18H,8-10H2,1-3H3,(H,17,19). The van der Waals surface area contributed by atoms with Crippen molar-refractivity contribution in [1.29, 1.82) is 0 Å². The smallest absolute Gasteiger partial charge is 0.237 e. The fourth-order valence-electron chi connectivity index (χ4n) is 2.21. The van der Waals surface area contributed by atoms with E-state index in [2.05, 4.69) is 11.4 Å². The third-order valence-electron chi connectivity index (χ3n) is 3.70. The third kappa shape index (κ3) is 3.55. The first-order chi connectivity index (χ1) is 9.39. The summed E-state index contributed by atoms with van der Waals surface area (Å²) in [5.41, 5.74) is 2.17. The number of rotatable bonds is 3. The maximum absolute atomic E-state index is 12.3. The van der Waals surface area contributed by atoms with Crippen LogP contribution in [0.15, 0.2) is 24.3 Å². The fraction of sp³-hybridized carbons (Fsp3) is 0.562. The van der Waals surface area contributed by atoms with E-state index < -0.39 is 6.10 Å². The molecule has 0 fully saturated rings. The van der Waals surface area contributed by atoms with Crippen LogP contribution in [0.5, 0.6) is 0 Å². The lowest BCUT2D eigenvalue weighted by Gasteiger charge is -2.28. The van der Waals surface area contributed by atoms with Crippen LogP contribution in [0.4, 0.5) is 0 Å². The van der Waals surface area contributed by atoms with Crippen molar-refractivity contribution in [3.63, 3.8) is 0 Å². The minimum absolute atomic E-state index is 0.00505. The Labute approximate surface area is 125 Å². The van der Waals surface area contributed by atoms with Gasteiger partial charge < -0.3 is 10.4 Å². The number of hydrogen-bond donors (Lipinski definition) is 2. The van der Waals surface area contributed by atoms with Gasteiger partial charge in [0.2, 0.25) is 5.91 Å². The van der Waals surface area contributed by atoms with Gasteiger partial charge in [-0.3, -0.25) is 4.79 Å². The summed E-state index contributed by atoms with van der Waals surface area (Å²) in [5, 5.41) is 12.8. The van der Waals surface area contributed by atoms with Gasteiger partial charge in [0.25, 0.3) is 0 Å². The van der Waals surface area contributed by atoms with Crippen LogP contribution < -0.4 is 5.32 Å². The second-order valence-corrected chi connectivity index (χ2v) is 7.54. The predicted molar refractivity (Wildman–Crippen MR) is 83.8 cm³/mol. The largest absolute Gasteiger partial charge is 0.391 e. The van der Waals surface area contributed by atoms with E-state index in [4.69, 9.17) is 0 Å². The lowest BCUT2D eigenvalue weighted by atomic mass is 9.89. The first kappa shape index (κ1) is 15.4. The monoisotopic (exact) mass is 293 g/mol. The number of aliphatic hydroxyl groups excluding tert-OH is 1. The minimum Gasteiger partial charge on any atom is -0.391 e. The average molecular weight is 293 g/mol. The molecule has 0 saturated heterocycles. The number of fused-ring (bicyclic) bond motifs is 1. The van der Waals surface area contributed by atoms with Gasteiger partial charge in [-0.25, -0.2) is 0 Å². The lowest BCUT2D eigenvalue weighted by molar-refractivity contribution is -0.121. The number of hydrogen-bond acceptors (Lipinski definition) is 3. The van der Waals surface area contributed by atoms with E-state index in [1.54, 1.807) is 11.8 Å². The maximum atomic E-state index is 12.3. The zero-order chi connectivity index (χ0) is 14.8. The highest BCUT2D eigenvalue weighted by Gasteiger charge is 2.28. The fourth-order valence-corrected chi connectivity index (χ4v) is 3.42. The molecule has 0 aliphatic carbocycles. The molecule has 1 aliphatic rings. The molecule has 2 rings (SSSR count). The van der Waals surface area contributed by atoms with Gasteiger partial charge in [-0.2, -0.15) is 0 Å². The van der Waals surface area contributed by atoms with Crippen molar-refractivity contribution in [2.24, 2.45) is 5.41 Å². The van der Waals surface area contributed by atoms with Crippen LogP contribution in [0.1, 0.15) is 37.1 Å². The average Bonchev–Trinajstić information content (AvgIpc) is 2.42. The van der Waals surface area contributed by atoms with Gasteiger partial charge in [-0.1, -0.05) is 45.0 Å². The maximum Gasteiger partial charge on any atom is 0.237 e. The van der Waals surface area contributed by atoms with E-state index in [0.29, 0.717) is 6.54 Å². The number of carbonyl (C=O) groups excluding carboxylic acids is 1. The zero-order valence-corrected chi connectivity index (χ0v) is 13.2. The van der Waals surface area contributed by atoms with Crippen molar-refractivity contribution in [3.8, 4) is 0 Å². The molecule has 1 aromatic carbocycles. The van der Waals surface area contributed by atoms with E-state index in [1.807, 2.05) is 39.0 Å². The Bertz CT molecular complexity index is 482. The number of thioether (sulfide) groups is 1. The van der Waals surface area contributed by atoms with E-state index in [-0.39, 0.29) is 16.6 Å². The van der Waals surface area contributed by atoms with Crippen LogP contribution in [0.25, 0.3) is 0 Å². The Morgan fingerprint density at radius 3 is 2.85 bits per heavy atom. The number of amides is 1. The zero-order valence-electron chi connectivity index (χ0n) is 12.3. The molecule has 0 aromatic heterocycles. The summed E-state index contributed by atoms with van der Waals surface area (Å²) in [5.74, 6) is 0.974. The third-order valence-corrected chi connectivity index (χ3v) is 4.94. The molecule has 0 saturated carbocycles. The topological polar surface area (TPSA) is 49.3 Å². The Kier molecular flexibility index (Phi) is 4.76. The molecule has 1 aromatic rings. The molecule has 0 radical (unpaired) electrons. The quantitative estimate of drug-likeness (QED) is 0.900. The molecular weight excluding hydrogens is 270 g/mol. The van der Waals surface area contributed by atoms with Crippen molar-refractivity contribution in [1.82, 2.24) is 5.32 Å². The Balaban J connectivity index is 2.01. The summed E-state index contributed by atoms with van der Waals surface area (Å²) in [6.45, 7) is 6.21. The molecule has 2 unspecified atom stereocenters. The molecule has 2 N–H and O–H groups in total. The molecule has 20 heavy (non-hydrogen) atoms. The van der Waals surface area contributed by atoms with Crippen LogP contribution >= 0.6 is 11.8 Å². The van der Waals surface area contributed by atoms with Crippen LogP contribution in [-0.2, 0) is 11.2 Å². The lowest BCUT2D eigenvalue weighted by Crippen LogP contribution is -2.41. The van der Waals surface area contributed by atoms with Crippen molar-refractivity contribution in [2.75, 3.05) is 12.3 Å². The van der Waals surface area contributed by atoms with Crippen LogP contribution in [0.2, 0.25) is 0 Å². The van der Waals surface area contributed by atoms with Gasteiger partial charge in [-0.15, -0.1) is 11.8 Å². The highest BCUT2D eigenvalue weighted by Crippen LogP contribution is 2.36. The number of nitrogens with one attached hydrogen (secondary N) is 1. The SMILES string of the molecule is CC(C)(C)C(O)CNC(=O)C1SCCc2ccccc21. The predicted octanol–water partition coefficient (Wildman–Crippen LogP) is 2.54. The molecule has 1 heterocycles. The van der Waals surface area contributed by atoms with Gasteiger partial charge in [0.05, 0.1) is 6.10 Å². The second kappa shape index (κ2) is 6.19. The molecule has 4 heteroatoms. The number of benzene rings is 1. The summed E-state index contributed by atoms with van der Waals surface area (Å²) >= 11 is 1.68. The van der Waals surface area contributed by atoms with Crippen molar-refractivity contribution in [2.45, 2.75) is 38.5 Å². The van der Waals surface area contributed by atoms with E-state index in [9.17, 15) is 9.90 Å². The summed E-state index contributed by atoms with van der Waals surface area (Å²) in [6, 6.07) is 8.13. The van der Waals surface area contributed by atoms with E-state index in [0.717, 1.165) is 17.7 Å². The second-order valence-electron chi connectivity index (χ2n) is 6.33. The van der Waals surface area contributed by atoms with Crippen molar-refractivity contribution in [3.05, 3.63) is 35.4 Å². The van der Waals surface area contributed by atoms with Gasteiger partial charge in [-0.05, 0) is 28.7 Å². The van der Waals surface area contributed by atoms with Crippen LogP contribution in [0, 0.1) is 5.41 Å². The van der Waals surface area contributed by atoms with Crippen molar-refractivity contribution >= 4 is 17.7 Å². The highest BCUT2D eigenvalue weighted by molar-refractivity contribution is 8.00. The first-order valence-electron chi connectivity index (χ1n) is 7.05. The first-order valence-corrected chi connectivity index (χ1v) is 8.09. The minimum atomic E-state index is -0.532.